The van der Waals surface area contributed by atoms with Gasteiger partial charge in [-0.2, -0.15) is 0 Å². The van der Waals surface area contributed by atoms with Crippen molar-refractivity contribution in [3.8, 4) is 0 Å². The summed E-state index contributed by atoms with van der Waals surface area (Å²) in [6, 6.07) is 4.49. The number of hydrogen-bond acceptors (Lipinski definition) is 5. The normalized spacial score (nSPS) is 14.7. The molecule has 2 amide bonds. The van der Waals surface area contributed by atoms with E-state index >= 15 is 0 Å². The fraction of sp³-hybridized carbons (Fsp3) is 0.333. The molecule has 1 fully saturated rings. The largest absolute Gasteiger partial charge is 0.383 e. The highest BCUT2D eigenvalue weighted by Crippen LogP contribution is 2.29. The van der Waals surface area contributed by atoms with Crippen LogP contribution in [0.5, 0.6) is 0 Å². The van der Waals surface area contributed by atoms with Gasteiger partial charge in [-0.05, 0) is 12.1 Å². The van der Waals surface area contributed by atoms with Gasteiger partial charge < -0.3 is 15.5 Å². The van der Waals surface area contributed by atoms with E-state index in [9.17, 15) is 19.7 Å². The first-order valence-corrected chi connectivity index (χ1v) is 6.05. The lowest BCUT2D eigenvalue weighted by molar-refractivity contribution is -0.384. The fourth-order valence-electron chi connectivity index (χ4n) is 2.10. The molecule has 0 bridgehead atoms. The average Bonchev–Trinajstić information content (AvgIpc) is 2.45. The third-order valence-corrected chi connectivity index (χ3v) is 3.04. The van der Waals surface area contributed by atoms with Crippen LogP contribution in [0.25, 0.3) is 0 Å². The number of nitro benzene ring substituents is 1. The molecule has 106 valence electrons. The molecule has 0 radical (unpaired) electrons. The predicted octanol–water partition coefficient (Wildman–Crippen LogP) is 0.208. The Hall–Kier alpha value is -2.64. The third-order valence-electron chi connectivity index (χ3n) is 3.04. The first-order valence-electron chi connectivity index (χ1n) is 6.05. The van der Waals surface area contributed by atoms with Crippen LogP contribution in [0.2, 0.25) is 0 Å². The van der Waals surface area contributed by atoms with Gasteiger partial charge in [0.15, 0.2) is 0 Å². The minimum absolute atomic E-state index is 0.0171. The Morgan fingerprint density at radius 3 is 2.85 bits per heavy atom. The lowest BCUT2D eigenvalue weighted by Gasteiger charge is -2.26. The van der Waals surface area contributed by atoms with E-state index < -0.39 is 10.8 Å². The van der Waals surface area contributed by atoms with Crippen molar-refractivity contribution in [1.82, 2.24) is 10.2 Å². The van der Waals surface area contributed by atoms with Gasteiger partial charge in [0, 0.05) is 20.1 Å². The van der Waals surface area contributed by atoms with E-state index in [4.69, 9.17) is 0 Å². The monoisotopic (exact) mass is 278 g/mol. The second-order valence-electron chi connectivity index (χ2n) is 4.29. The van der Waals surface area contributed by atoms with Crippen LogP contribution in [-0.4, -0.2) is 48.3 Å². The Labute approximate surface area is 114 Å². The van der Waals surface area contributed by atoms with Crippen molar-refractivity contribution in [2.45, 2.75) is 0 Å². The third kappa shape index (κ3) is 2.53. The maximum Gasteiger partial charge on any atom is 0.305 e. The summed E-state index contributed by atoms with van der Waals surface area (Å²) in [4.78, 5) is 35.5. The smallest absolute Gasteiger partial charge is 0.305 e. The fourth-order valence-corrected chi connectivity index (χ4v) is 2.10. The summed E-state index contributed by atoms with van der Waals surface area (Å²) >= 11 is 0. The summed E-state index contributed by atoms with van der Waals surface area (Å²) in [7, 11) is 1.55. The molecular weight excluding hydrogens is 264 g/mol. The van der Waals surface area contributed by atoms with Crippen LogP contribution in [0.4, 0.5) is 11.4 Å². The topological polar surface area (TPSA) is 105 Å². The summed E-state index contributed by atoms with van der Waals surface area (Å²) in [5, 5.41) is 16.5. The molecule has 0 aromatic heterocycles. The van der Waals surface area contributed by atoms with Crippen molar-refractivity contribution in [2.75, 3.05) is 32.0 Å². The molecular formula is C12H14N4O4. The molecule has 2 N–H and O–H groups in total. The van der Waals surface area contributed by atoms with Crippen LogP contribution >= 0.6 is 0 Å². The van der Waals surface area contributed by atoms with Crippen LogP contribution < -0.4 is 10.6 Å². The van der Waals surface area contributed by atoms with Crippen molar-refractivity contribution in [3.05, 3.63) is 33.9 Å². The van der Waals surface area contributed by atoms with Crippen LogP contribution in [0.1, 0.15) is 10.4 Å². The lowest BCUT2D eigenvalue weighted by atomic mass is 10.1. The molecule has 8 nitrogen and oxygen atoms in total. The van der Waals surface area contributed by atoms with Gasteiger partial charge in [0.25, 0.3) is 5.91 Å². The number of hydrogen-bond donors (Lipinski definition) is 2. The van der Waals surface area contributed by atoms with E-state index in [2.05, 4.69) is 10.6 Å². The van der Waals surface area contributed by atoms with Crippen LogP contribution in [0.15, 0.2) is 18.2 Å². The second-order valence-corrected chi connectivity index (χ2v) is 4.29. The summed E-state index contributed by atoms with van der Waals surface area (Å²) in [6.45, 7) is 0.607. The number of nitrogens with one attached hydrogen (secondary N) is 2. The molecule has 2 rings (SSSR count). The number of piperazine rings is 1. The Balaban J connectivity index is 2.39. The van der Waals surface area contributed by atoms with E-state index in [0.29, 0.717) is 13.1 Å². The molecule has 1 aliphatic heterocycles. The summed E-state index contributed by atoms with van der Waals surface area (Å²) in [5.74, 6) is -0.777. The van der Waals surface area contributed by atoms with Gasteiger partial charge >= 0.3 is 5.69 Å². The Morgan fingerprint density at radius 2 is 2.25 bits per heavy atom. The number of amides is 2. The molecule has 0 unspecified atom stereocenters. The molecule has 0 saturated carbocycles. The van der Waals surface area contributed by atoms with Gasteiger partial charge in [-0.1, -0.05) is 6.07 Å². The molecule has 20 heavy (non-hydrogen) atoms. The quantitative estimate of drug-likeness (QED) is 0.607. The molecule has 1 aliphatic rings. The molecule has 1 aromatic rings. The van der Waals surface area contributed by atoms with Crippen molar-refractivity contribution in [3.63, 3.8) is 0 Å². The highest BCUT2D eigenvalue weighted by Gasteiger charge is 2.29. The van der Waals surface area contributed by atoms with E-state index in [1.807, 2.05) is 0 Å². The van der Waals surface area contributed by atoms with Gasteiger partial charge in [0.05, 0.1) is 11.5 Å². The summed E-state index contributed by atoms with van der Waals surface area (Å²) < 4.78 is 0. The molecule has 1 aromatic carbocycles. The second kappa shape index (κ2) is 5.55. The van der Waals surface area contributed by atoms with Crippen LogP contribution in [0, 0.1) is 10.1 Å². The van der Waals surface area contributed by atoms with Crippen molar-refractivity contribution in [2.24, 2.45) is 0 Å². The number of carbonyl (C=O) groups excluding carboxylic acids is 2. The zero-order chi connectivity index (χ0) is 14.7. The molecule has 1 heterocycles. The predicted molar refractivity (Wildman–Crippen MR) is 71.6 cm³/mol. The van der Waals surface area contributed by atoms with Crippen molar-refractivity contribution >= 4 is 23.2 Å². The molecule has 8 heteroatoms. The van der Waals surface area contributed by atoms with Gasteiger partial charge in [0.1, 0.15) is 11.3 Å². The number of para-hydroxylation sites is 1. The first-order chi connectivity index (χ1) is 9.54. The van der Waals surface area contributed by atoms with Crippen molar-refractivity contribution < 1.29 is 14.5 Å². The number of carbonyl (C=O) groups is 2. The minimum Gasteiger partial charge on any atom is -0.383 e. The maximum absolute atomic E-state index is 12.4. The van der Waals surface area contributed by atoms with Gasteiger partial charge in [0.2, 0.25) is 5.91 Å². The van der Waals surface area contributed by atoms with E-state index in [-0.39, 0.29) is 29.4 Å². The van der Waals surface area contributed by atoms with E-state index in [1.165, 1.54) is 17.0 Å². The maximum atomic E-state index is 12.4. The highest BCUT2D eigenvalue weighted by atomic mass is 16.6. The number of nitrogens with zero attached hydrogens (tertiary/aromatic N) is 2. The molecule has 0 atom stereocenters. The zero-order valence-electron chi connectivity index (χ0n) is 10.9. The van der Waals surface area contributed by atoms with Crippen LogP contribution in [-0.2, 0) is 4.79 Å². The number of anilines is 1. The highest BCUT2D eigenvalue weighted by molar-refractivity contribution is 6.02. The minimum atomic E-state index is -0.594. The zero-order valence-corrected chi connectivity index (χ0v) is 10.9. The molecule has 1 saturated heterocycles. The molecule has 0 spiro atoms. The summed E-state index contributed by atoms with van der Waals surface area (Å²) in [5.41, 5.74) is -0.0233. The number of nitro groups is 1. The Kier molecular flexibility index (Phi) is 3.83. The number of benzene rings is 1. The first kappa shape index (κ1) is 13.8. The number of rotatable bonds is 3. The standard InChI is InChI=1S/C12H14N4O4/c1-13-9-4-2-3-8(11(9)16(19)20)12(18)15-6-5-14-10(17)7-15/h2-4,13H,5-7H2,1H3,(H,14,17). The molecule has 0 aliphatic carbocycles. The Morgan fingerprint density at radius 1 is 1.50 bits per heavy atom. The van der Waals surface area contributed by atoms with E-state index in [1.54, 1.807) is 13.1 Å². The average molecular weight is 278 g/mol. The lowest BCUT2D eigenvalue weighted by Crippen LogP contribution is -2.50. The van der Waals surface area contributed by atoms with Crippen molar-refractivity contribution in [1.29, 1.82) is 0 Å². The van der Waals surface area contributed by atoms with Gasteiger partial charge in [-0.15, -0.1) is 0 Å². The van der Waals surface area contributed by atoms with Gasteiger partial charge in [-0.3, -0.25) is 19.7 Å². The van der Waals surface area contributed by atoms with Crippen LogP contribution in [0.3, 0.4) is 0 Å². The SMILES string of the molecule is CNc1cccc(C(=O)N2CCNC(=O)C2)c1[N+](=O)[O-]. The van der Waals surface area contributed by atoms with E-state index in [0.717, 1.165) is 0 Å². The summed E-state index contributed by atoms with van der Waals surface area (Å²) in [6.07, 6.45) is 0. The van der Waals surface area contributed by atoms with Gasteiger partial charge in [-0.25, -0.2) is 0 Å². The Bertz CT molecular complexity index is 573.